The number of aromatic nitrogens is 3. The smallest absolute Gasteiger partial charge is 0.239 e. The lowest BCUT2D eigenvalue weighted by Crippen LogP contribution is -2.38. The van der Waals surface area contributed by atoms with E-state index in [0.29, 0.717) is 5.69 Å². The Labute approximate surface area is 126 Å². The van der Waals surface area contributed by atoms with Gasteiger partial charge in [0.05, 0.1) is 7.05 Å². The molecule has 2 aromatic heterocycles. The molecular weight excluding hydrogens is 274 g/mol. The molecule has 0 aliphatic rings. The van der Waals surface area contributed by atoms with Crippen LogP contribution in [0.1, 0.15) is 0 Å². The van der Waals surface area contributed by atoms with Crippen molar-refractivity contribution in [2.75, 3.05) is 0 Å². The van der Waals surface area contributed by atoms with Crippen molar-refractivity contribution in [3.8, 4) is 11.3 Å². The van der Waals surface area contributed by atoms with Gasteiger partial charge >= 0.3 is 11.2 Å². The molecule has 0 atom stereocenters. The van der Waals surface area contributed by atoms with E-state index in [1.54, 1.807) is 11.6 Å². The van der Waals surface area contributed by atoms with Gasteiger partial charge in [-0.1, -0.05) is 58.1 Å². The van der Waals surface area contributed by atoms with E-state index < -0.39 is 0 Å². The summed E-state index contributed by atoms with van der Waals surface area (Å²) in [7, 11) is 1.78. The first-order valence-electron chi connectivity index (χ1n) is 7.12. The molecule has 4 aromatic rings. The summed E-state index contributed by atoms with van der Waals surface area (Å²) in [5.74, 6) is 0. The highest BCUT2D eigenvalue weighted by Gasteiger charge is 2.18. The molecule has 4 nitrogen and oxygen atoms in total. The molecule has 0 bridgehead atoms. The quantitative estimate of drug-likeness (QED) is 0.398. The minimum atomic E-state index is -0.0959. The van der Waals surface area contributed by atoms with Crippen LogP contribution in [0, 0.1) is 0 Å². The fourth-order valence-electron chi connectivity index (χ4n) is 2.72. The third kappa shape index (κ3) is 1.81. The lowest BCUT2D eigenvalue weighted by Gasteiger charge is -2.04. The Morgan fingerprint density at radius 1 is 0.909 bits per heavy atom. The van der Waals surface area contributed by atoms with Crippen LogP contribution in [0.15, 0.2) is 71.5 Å². The summed E-state index contributed by atoms with van der Waals surface area (Å²) in [6.07, 6.45) is 0. The van der Waals surface area contributed by atoms with Gasteiger partial charge in [-0.25, -0.2) is 4.79 Å². The largest absolute Gasteiger partial charge is 0.364 e. The van der Waals surface area contributed by atoms with E-state index in [9.17, 15) is 4.79 Å². The summed E-state index contributed by atoms with van der Waals surface area (Å²) in [5.41, 5.74) is 2.93. The molecule has 2 aromatic carbocycles. The molecule has 4 heteroatoms. The average molecular weight is 288 g/mol. The minimum absolute atomic E-state index is 0.0959. The van der Waals surface area contributed by atoms with E-state index >= 15 is 0 Å². The number of aryl methyl sites for hydroxylation is 1. The molecule has 0 saturated carbocycles. The van der Waals surface area contributed by atoms with Crippen molar-refractivity contribution in [2.45, 2.75) is 0 Å². The summed E-state index contributed by atoms with van der Waals surface area (Å²) in [6, 6.07) is 21.5. The monoisotopic (exact) mass is 288 g/mol. The van der Waals surface area contributed by atoms with E-state index in [0.717, 1.165) is 22.1 Å². The minimum Gasteiger partial charge on any atom is -0.239 e. The predicted molar refractivity (Wildman–Crippen MR) is 85.6 cm³/mol. The molecule has 0 radical (unpaired) electrons. The normalized spacial score (nSPS) is 11.1. The van der Waals surface area contributed by atoms with Crippen molar-refractivity contribution in [1.82, 2.24) is 9.67 Å². The van der Waals surface area contributed by atoms with Gasteiger partial charge in [0, 0.05) is 17.0 Å². The van der Waals surface area contributed by atoms with Gasteiger partial charge < -0.3 is 0 Å². The standard InChI is InChI=1S/C18H14N3O/c1-20-16-12-11-13-7-5-6-10-15(13)21(16)19-17(18(20)22)14-8-3-2-4-9-14/h2-12H,1H3/q+1. The summed E-state index contributed by atoms with van der Waals surface area (Å²) < 4.78 is 3.47. The molecule has 2 heterocycles. The van der Waals surface area contributed by atoms with Crippen molar-refractivity contribution >= 4 is 16.6 Å². The first kappa shape index (κ1) is 12.7. The molecule has 22 heavy (non-hydrogen) atoms. The van der Waals surface area contributed by atoms with Gasteiger partial charge in [0.2, 0.25) is 5.69 Å². The van der Waals surface area contributed by atoms with Crippen LogP contribution in [-0.4, -0.2) is 9.67 Å². The number of fused-ring (bicyclic) bond motifs is 3. The van der Waals surface area contributed by atoms with Gasteiger partial charge in [-0.2, -0.15) is 4.57 Å². The van der Waals surface area contributed by atoms with Gasteiger partial charge in [-0.05, 0) is 12.1 Å². The predicted octanol–water partition coefficient (Wildman–Crippen LogP) is 2.34. The molecule has 0 spiro atoms. The molecule has 0 aliphatic heterocycles. The number of benzene rings is 2. The fourth-order valence-corrected chi connectivity index (χ4v) is 2.72. The maximum Gasteiger partial charge on any atom is 0.364 e. The Balaban J connectivity index is 2.18. The molecule has 4 rings (SSSR count). The molecule has 0 N–H and O–H groups in total. The van der Waals surface area contributed by atoms with Crippen LogP contribution in [0.3, 0.4) is 0 Å². The van der Waals surface area contributed by atoms with E-state index in [1.165, 1.54) is 0 Å². The highest BCUT2D eigenvalue weighted by Crippen LogP contribution is 2.13. The van der Waals surface area contributed by atoms with Crippen molar-refractivity contribution in [3.63, 3.8) is 0 Å². The van der Waals surface area contributed by atoms with Crippen LogP contribution in [0.5, 0.6) is 0 Å². The number of pyridine rings is 1. The third-order valence-electron chi connectivity index (χ3n) is 3.89. The molecule has 0 amide bonds. The SMILES string of the molecule is Cn1c(=O)c(-c2ccccc2)n[n+]2c3ccccc3ccc12. The van der Waals surface area contributed by atoms with E-state index in [-0.39, 0.29) is 5.56 Å². The van der Waals surface area contributed by atoms with Gasteiger partial charge in [0.25, 0.3) is 0 Å². The van der Waals surface area contributed by atoms with E-state index in [2.05, 4.69) is 5.10 Å². The molecular formula is C18H14N3O+. The highest BCUT2D eigenvalue weighted by molar-refractivity contribution is 5.76. The van der Waals surface area contributed by atoms with Crippen molar-refractivity contribution < 1.29 is 4.52 Å². The van der Waals surface area contributed by atoms with Crippen molar-refractivity contribution in [1.29, 1.82) is 0 Å². The van der Waals surface area contributed by atoms with Gasteiger partial charge in [0.1, 0.15) is 0 Å². The Morgan fingerprint density at radius 2 is 1.64 bits per heavy atom. The van der Waals surface area contributed by atoms with Crippen molar-refractivity contribution in [3.05, 3.63) is 77.1 Å². The van der Waals surface area contributed by atoms with Crippen LogP contribution in [-0.2, 0) is 7.05 Å². The Kier molecular flexibility index (Phi) is 2.76. The lowest BCUT2D eigenvalue weighted by molar-refractivity contribution is -0.555. The second kappa shape index (κ2) is 4.77. The van der Waals surface area contributed by atoms with Gasteiger partial charge in [0.15, 0.2) is 5.52 Å². The van der Waals surface area contributed by atoms with Gasteiger partial charge in [-0.3, -0.25) is 0 Å². The third-order valence-corrected chi connectivity index (χ3v) is 3.89. The highest BCUT2D eigenvalue weighted by atomic mass is 16.1. The van der Waals surface area contributed by atoms with Crippen LogP contribution in [0.2, 0.25) is 0 Å². The number of hydrogen-bond donors (Lipinski definition) is 0. The number of rotatable bonds is 1. The van der Waals surface area contributed by atoms with Gasteiger partial charge in [-0.15, -0.1) is 0 Å². The average Bonchev–Trinajstić information content (AvgIpc) is 2.58. The lowest BCUT2D eigenvalue weighted by atomic mass is 10.1. The molecule has 106 valence electrons. The Morgan fingerprint density at radius 3 is 2.45 bits per heavy atom. The molecule has 0 fully saturated rings. The van der Waals surface area contributed by atoms with E-state index in [1.807, 2.05) is 71.2 Å². The van der Waals surface area contributed by atoms with Crippen LogP contribution in [0.4, 0.5) is 0 Å². The van der Waals surface area contributed by atoms with Crippen LogP contribution in [0.25, 0.3) is 27.8 Å². The molecule has 0 saturated heterocycles. The van der Waals surface area contributed by atoms with Crippen molar-refractivity contribution in [2.24, 2.45) is 7.05 Å². The Bertz CT molecular complexity index is 1050. The van der Waals surface area contributed by atoms with Crippen LogP contribution >= 0.6 is 0 Å². The Hall–Kier alpha value is -3.01. The zero-order valence-corrected chi connectivity index (χ0v) is 12.1. The summed E-state index contributed by atoms with van der Waals surface area (Å²) in [4.78, 5) is 12.6. The zero-order chi connectivity index (χ0) is 15.1. The second-order valence-electron chi connectivity index (χ2n) is 5.24. The summed E-state index contributed by atoms with van der Waals surface area (Å²) >= 11 is 0. The zero-order valence-electron chi connectivity index (χ0n) is 12.1. The summed E-state index contributed by atoms with van der Waals surface area (Å²) in [5, 5.41) is 5.71. The topological polar surface area (TPSA) is 39.0 Å². The maximum atomic E-state index is 12.6. The maximum absolute atomic E-state index is 12.6. The first-order valence-corrected chi connectivity index (χ1v) is 7.12. The molecule has 0 aliphatic carbocycles. The number of para-hydroxylation sites is 1. The van der Waals surface area contributed by atoms with Crippen LogP contribution < -0.4 is 10.1 Å². The fraction of sp³-hybridized carbons (Fsp3) is 0.0556. The number of nitrogens with zero attached hydrogens (tertiary/aromatic N) is 3. The molecule has 0 unspecified atom stereocenters. The first-order chi connectivity index (χ1) is 10.8. The van der Waals surface area contributed by atoms with E-state index in [4.69, 9.17) is 0 Å². The second-order valence-corrected chi connectivity index (χ2v) is 5.24. The summed E-state index contributed by atoms with van der Waals surface area (Å²) in [6.45, 7) is 0. The number of hydrogen-bond acceptors (Lipinski definition) is 2.